The second kappa shape index (κ2) is 6.76. The average molecular weight is 292 g/mol. The van der Waals surface area contributed by atoms with Crippen molar-refractivity contribution < 1.29 is 0 Å². The highest BCUT2D eigenvalue weighted by molar-refractivity contribution is 7.14. The zero-order valence-electron chi connectivity index (χ0n) is 12.1. The molecule has 108 valence electrons. The SMILES string of the molecule is CC(C)CNCCc1nnc(-c2ccn(C)c(=O)c2)s1. The van der Waals surface area contributed by atoms with Gasteiger partial charge in [0.25, 0.3) is 5.56 Å². The minimum absolute atomic E-state index is 0.0298. The Balaban J connectivity index is 1.98. The summed E-state index contributed by atoms with van der Waals surface area (Å²) >= 11 is 1.55. The van der Waals surface area contributed by atoms with Crippen molar-refractivity contribution in [2.75, 3.05) is 13.1 Å². The number of hydrogen-bond donors (Lipinski definition) is 1. The molecule has 0 fully saturated rings. The number of nitrogens with one attached hydrogen (secondary N) is 1. The van der Waals surface area contributed by atoms with Crippen molar-refractivity contribution in [2.24, 2.45) is 13.0 Å². The van der Waals surface area contributed by atoms with Gasteiger partial charge in [-0.2, -0.15) is 0 Å². The van der Waals surface area contributed by atoms with E-state index in [1.807, 2.05) is 6.07 Å². The van der Waals surface area contributed by atoms with Gasteiger partial charge in [-0.05, 0) is 18.5 Å². The Morgan fingerprint density at radius 3 is 2.90 bits per heavy atom. The first-order chi connectivity index (χ1) is 9.56. The summed E-state index contributed by atoms with van der Waals surface area (Å²) in [6.45, 7) is 6.29. The van der Waals surface area contributed by atoms with Crippen LogP contribution in [0.15, 0.2) is 23.1 Å². The van der Waals surface area contributed by atoms with E-state index in [1.54, 1.807) is 35.2 Å². The van der Waals surface area contributed by atoms with Crippen molar-refractivity contribution in [3.05, 3.63) is 33.7 Å². The molecule has 0 saturated heterocycles. The number of pyridine rings is 1. The molecule has 20 heavy (non-hydrogen) atoms. The lowest BCUT2D eigenvalue weighted by Crippen LogP contribution is -2.22. The van der Waals surface area contributed by atoms with Gasteiger partial charge in [-0.1, -0.05) is 25.2 Å². The highest BCUT2D eigenvalue weighted by Gasteiger charge is 2.07. The first-order valence-electron chi connectivity index (χ1n) is 6.76. The highest BCUT2D eigenvalue weighted by Crippen LogP contribution is 2.22. The summed E-state index contributed by atoms with van der Waals surface area (Å²) in [5.74, 6) is 0.653. The first-order valence-corrected chi connectivity index (χ1v) is 7.58. The number of hydrogen-bond acceptors (Lipinski definition) is 5. The van der Waals surface area contributed by atoms with Crippen molar-refractivity contribution in [2.45, 2.75) is 20.3 Å². The van der Waals surface area contributed by atoms with Crippen LogP contribution < -0.4 is 10.9 Å². The third-order valence-corrected chi connectivity index (χ3v) is 3.92. The summed E-state index contributed by atoms with van der Waals surface area (Å²) in [6, 6.07) is 3.49. The van der Waals surface area contributed by atoms with Crippen molar-refractivity contribution in [3.63, 3.8) is 0 Å². The van der Waals surface area contributed by atoms with Crippen LogP contribution in [0, 0.1) is 5.92 Å². The zero-order chi connectivity index (χ0) is 14.5. The van der Waals surface area contributed by atoms with Gasteiger partial charge in [0.2, 0.25) is 0 Å². The molecule has 6 heteroatoms. The number of nitrogens with zero attached hydrogens (tertiary/aromatic N) is 3. The van der Waals surface area contributed by atoms with Gasteiger partial charge >= 0.3 is 0 Å². The number of aromatic nitrogens is 3. The maximum absolute atomic E-state index is 11.6. The molecule has 1 N–H and O–H groups in total. The van der Waals surface area contributed by atoms with E-state index in [0.29, 0.717) is 5.92 Å². The van der Waals surface area contributed by atoms with E-state index in [2.05, 4.69) is 29.4 Å². The molecule has 0 radical (unpaired) electrons. The summed E-state index contributed by atoms with van der Waals surface area (Å²) in [7, 11) is 1.73. The Kier molecular flexibility index (Phi) is 5.03. The first kappa shape index (κ1) is 14.9. The number of rotatable bonds is 6. The molecule has 0 aliphatic carbocycles. The second-order valence-corrected chi connectivity index (χ2v) is 6.28. The fraction of sp³-hybridized carbons (Fsp3) is 0.500. The van der Waals surface area contributed by atoms with E-state index >= 15 is 0 Å². The van der Waals surface area contributed by atoms with Crippen LogP contribution in [0.1, 0.15) is 18.9 Å². The van der Waals surface area contributed by atoms with Crippen LogP contribution in [0.5, 0.6) is 0 Å². The molecule has 0 unspecified atom stereocenters. The summed E-state index contributed by atoms with van der Waals surface area (Å²) in [4.78, 5) is 11.6. The minimum atomic E-state index is -0.0298. The lowest BCUT2D eigenvalue weighted by molar-refractivity contribution is 0.553. The van der Waals surface area contributed by atoms with Crippen LogP contribution in [-0.4, -0.2) is 27.9 Å². The van der Waals surface area contributed by atoms with Crippen molar-refractivity contribution in [1.29, 1.82) is 0 Å². The molecular formula is C14H20N4OS. The molecule has 0 spiro atoms. The van der Waals surface area contributed by atoms with Gasteiger partial charge in [-0.3, -0.25) is 4.79 Å². The lowest BCUT2D eigenvalue weighted by atomic mass is 10.2. The summed E-state index contributed by atoms with van der Waals surface area (Å²) in [6.07, 6.45) is 2.62. The van der Waals surface area contributed by atoms with Crippen LogP contribution >= 0.6 is 11.3 Å². The Morgan fingerprint density at radius 2 is 2.20 bits per heavy atom. The zero-order valence-corrected chi connectivity index (χ0v) is 12.9. The van der Waals surface area contributed by atoms with Gasteiger partial charge < -0.3 is 9.88 Å². The van der Waals surface area contributed by atoms with Crippen molar-refractivity contribution in [1.82, 2.24) is 20.1 Å². The smallest absolute Gasteiger partial charge is 0.250 e. The molecule has 2 aromatic rings. The average Bonchev–Trinajstić information content (AvgIpc) is 2.86. The van der Waals surface area contributed by atoms with E-state index in [1.165, 1.54) is 0 Å². The number of aryl methyl sites for hydroxylation is 1. The van der Waals surface area contributed by atoms with Crippen LogP contribution in [0.4, 0.5) is 0 Å². The Labute approximate surface area is 122 Å². The largest absolute Gasteiger partial charge is 0.319 e. The van der Waals surface area contributed by atoms with E-state index in [4.69, 9.17) is 0 Å². The summed E-state index contributed by atoms with van der Waals surface area (Å²) in [5, 5.41) is 13.5. The maximum Gasteiger partial charge on any atom is 0.250 e. The molecule has 0 atom stereocenters. The standard InChI is InChI=1S/C14H20N4OS/c1-10(2)9-15-6-4-12-16-17-14(20-12)11-5-7-18(3)13(19)8-11/h5,7-8,10,15H,4,6,9H2,1-3H3. The molecule has 0 aromatic carbocycles. The summed E-state index contributed by atoms with van der Waals surface area (Å²) in [5.41, 5.74) is 0.810. The third kappa shape index (κ3) is 3.98. The molecule has 0 saturated carbocycles. The molecule has 0 amide bonds. The second-order valence-electron chi connectivity index (χ2n) is 5.21. The van der Waals surface area contributed by atoms with E-state index in [9.17, 15) is 4.79 Å². The molecule has 2 aromatic heterocycles. The maximum atomic E-state index is 11.6. The van der Waals surface area contributed by atoms with Crippen LogP contribution in [0.25, 0.3) is 10.6 Å². The molecule has 5 nitrogen and oxygen atoms in total. The van der Waals surface area contributed by atoms with Crippen molar-refractivity contribution in [3.8, 4) is 10.6 Å². The summed E-state index contributed by atoms with van der Waals surface area (Å²) < 4.78 is 1.54. The topological polar surface area (TPSA) is 59.8 Å². The molecule has 0 aliphatic heterocycles. The quantitative estimate of drug-likeness (QED) is 0.823. The van der Waals surface area contributed by atoms with Crippen LogP contribution in [0.2, 0.25) is 0 Å². The predicted molar refractivity (Wildman–Crippen MR) is 82.0 cm³/mol. The molecule has 2 rings (SSSR count). The van der Waals surface area contributed by atoms with Gasteiger partial charge in [-0.25, -0.2) is 0 Å². The fourth-order valence-corrected chi connectivity index (χ4v) is 2.57. The van der Waals surface area contributed by atoms with Gasteiger partial charge in [0.05, 0.1) is 0 Å². The molecule has 0 bridgehead atoms. The monoisotopic (exact) mass is 292 g/mol. The Hall–Kier alpha value is -1.53. The fourth-order valence-electron chi connectivity index (χ4n) is 1.74. The molecule has 2 heterocycles. The van der Waals surface area contributed by atoms with E-state index < -0.39 is 0 Å². The highest BCUT2D eigenvalue weighted by atomic mass is 32.1. The Morgan fingerprint density at radius 1 is 1.40 bits per heavy atom. The van der Waals surface area contributed by atoms with Crippen LogP contribution in [0.3, 0.4) is 0 Å². The van der Waals surface area contributed by atoms with Gasteiger partial charge in [0, 0.05) is 37.8 Å². The van der Waals surface area contributed by atoms with E-state index in [0.717, 1.165) is 35.1 Å². The van der Waals surface area contributed by atoms with E-state index in [-0.39, 0.29) is 5.56 Å². The van der Waals surface area contributed by atoms with Gasteiger partial charge in [0.15, 0.2) is 0 Å². The third-order valence-electron chi connectivity index (χ3n) is 2.89. The molecule has 0 aliphatic rings. The van der Waals surface area contributed by atoms with Gasteiger partial charge in [0.1, 0.15) is 10.0 Å². The Bertz CT molecular complexity index is 618. The predicted octanol–water partition coefficient (Wildman–Crippen LogP) is 1.69. The van der Waals surface area contributed by atoms with Crippen LogP contribution in [-0.2, 0) is 13.5 Å². The molecular weight excluding hydrogens is 272 g/mol. The van der Waals surface area contributed by atoms with Crippen molar-refractivity contribution >= 4 is 11.3 Å². The van der Waals surface area contributed by atoms with Gasteiger partial charge in [-0.15, -0.1) is 10.2 Å². The minimum Gasteiger partial charge on any atom is -0.319 e. The lowest BCUT2D eigenvalue weighted by Gasteiger charge is -2.05. The normalized spacial score (nSPS) is 11.2.